The van der Waals surface area contributed by atoms with Gasteiger partial charge in [0, 0.05) is 17.9 Å². The zero-order valence-corrected chi connectivity index (χ0v) is 14.8. The Kier molecular flexibility index (Phi) is 4.42. The van der Waals surface area contributed by atoms with Gasteiger partial charge in [0.2, 0.25) is 11.8 Å². The minimum atomic E-state index is -0.217. The lowest BCUT2D eigenvalue weighted by molar-refractivity contribution is -0.130. The highest BCUT2D eigenvalue weighted by Crippen LogP contribution is 2.31. The number of nitrogens with one attached hydrogen (secondary N) is 1. The Hall–Kier alpha value is -2.74. The van der Waals surface area contributed by atoms with Gasteiger partial charge >= 0.3 is 0 Å². The molecule has 1 saturated heterocycles. The Morgan fingerprint density at radius 3 is 2.88 bits per heavy atom. The topological polar surface area (TPSA) is 82.9 Å². The van der Waals surface area contributed by atoms with Crippen LogP contribution in [-0.4, -0.2) is 47.3 Å². The standard InChI is InChI=1S/C18H17N3O4S/c22-16(8-20-11-26-10-17(20)23)19-14-1-2-15-12(7-14)3-5-21(15)18(24)13-4-6-25-9-13/h1-2,4,6-7,9H,3,5,8,10-11H2,(H,19,22). The molecule has 0 saturated carbocycles. The average molecular weight is 371 g/mol. The summed E-state index contributed by atoms with van der Waals surface area (Å²) in [5, 5.41) is 2.83. The third-order valence-electron chi connectivity index (χ3n) is 4.43. The van der Waals surface area contributed by atoms with E-state index in [0.29, 0.717) is 29.4 Å². The molecule has 2 aliphatic heterocycles. The van der Waals surface area contributed by atoms with E-state index in [0.717, 1.165) is 17.7 Å². The van der Waals surface area contributed by atoms with Crippen molar-refractivity contribution in [2.45, 2.75) is 6.42 Å². The Morgan fingerprint density at radius 2 is 2.15 bits per heavy atom. The Balaban J connectivity index is 1.44. The molecule has 2 aromatic rings. The molecule has 4 rings (SSSR count). The molecule has 8 heteroatoms. The molecule has 0 unspecified atom stereocenters. The summed E-state index contributed by atoms with van der Waals surface area (Å²) in [6.45, 7) is 0.657. The molecule has 2 aliphatic rings. The molecule has 1 N–H and O–H groups in total. The molecule has 3 amide bonds. The van der Waals surface area contributed by atoms with Crippen molar-refractivity contribution in [1.82, 2.24) is 4.90 Å². The summed E-state index contributed by atoms with van der Waals surface area (Å²) >= 11 is 1.51. The van der Waals surface area contributed by atoms with Crippen LogP contribution in [0.15, 0.2) is 41.2 Å². The van der Waals surface area contributed by atoms with Crippen molar-refractivity contribution in [1.29, 1.82) is 0 Å². The maximum atomic E-state index is 12.5. The number of hydrogen-bond donors (Lipinski definition) is 1. The molecule has 0 spiro atoms. The second kappa shape index (κ2) is 6.87. The molecule has 3 heterocycles. The van der Waals surface area contributed by atoms with Gasteiger partial charge in [-0.15, -0.1) is 11.8 Å². The minimum absolute atomic E-state index is 0.00694. The Morgan fingerprint density at radius 1 is 1.27 bits per heavy atom. The van der Waals surface area contributed by atoms with Crippen LogP contribution in [0.4, 0.5) is 11.4 Å². The normalized spacial score (nSPS) is 16.1. The van der Waals surface area contributed by atoms with Crippen LogP contribution in [0.25, 0.3) is 0 Å². The second-order valence-corrected chi connectivity index (χ2v) is 7.13. The zero-order valence-electron chi connectivity index (χ0n) is 13.9. The number of hydrogen-bond acceptors (Lipinski definition) is 5. The van der Waals surface area contributed by atoms with Gasteiger partial charge in [-0.1, -0.05) is 0 Å². The molecular formula is C18H17N3O4S. The first-order valence-electron chi connectivity index (χ1n) is 8.24. The van der Waals surface area contributed by atoms with Crippen molar-refractivity contribution >= 4 is 40.9 Å². The molecule has 7 nitrogen and oxygen atoms in total. The van der Waals surface area contributed by atoms with Crippen molar-refractivity contribution in [3.8, 4) is 0 Å². The Bertz CT molecular complexity index is 865. The van der Waals surface area contributed by atoms with Crippen molar-refractivity contribution < 1.29 is 18.8 Å². The summed E-state index contributed by atoms with van der Waals surface area (Å²) < 4.78 is 4.98. The average Bonchev–Trinajstić information content (AvgIpc) is 3.36. The maximum Gasteiger partial charge on any atom is 0.261 e. The van der Waals surface area contributed by atoms with E-state index in [1.54, 1.807) is 21.9 Å². The van der Waals surface area contributed by atoms with Gasteiger partial charge in [-0.3, -0.25) is 14.4 Å². The predicted molar refractivity (Wildman–Crippen MR) is 98.2 cm³/mol. The molecule has 0 bridgehead atoms. The number of benzene rings is 1. The molecule has 0 aliphatic carbocycles. The number of nitrogens with zero attached hydrogens (tertiary/aromatic N) is 2. The van der Waals surface area contributed by atoms with Gasteiger partial charge in [0.25, 0.3) is 5.91 Å². The third kappa shape index (κ3) is 3.20. The lowest BCUT2D eigenvalue weighted by Gasteiger charge is -2.17. The van der Waals surface area contributed by atoms with E-state index >= 15 is 0 Å². The highest BCUT2D eigenvalue weighted by atomic mass is 32.2. The van der Waals surface area contributed by atoms with Crippen LogP contribution >= 0.6 is 11.8 Å². The van der Waals surface area contributed by atoms with Crippen LogP contribution in [0.3, 0.4) is 0 Å². The fraction of sp³-hybridized carbons (Fsp3) is 0.278. The highest BCUT2D eigenvalue weighted by molar-refractivity contribution is 8.00. The second-order valence-electron chi connectivity index (χ2n) is 6.18. The van der Waals surface area contributed by atoms with E-state index in [-0.39, 0.29) is 24.3 Å². The maximum absolute atomic E-state index is 12.5. The number of thioether (sulfide) groups is 1. The minimum Gasteiger partial charge on any atom is -0.472 e. The van der Waals surface area contributed by atoms with E-state index in [9.17, 15) is 14.4 Å². The van der Waals surface area contributed by atoms with E-state index in [1.807, 2.05) is 12.1 Å². The van der Waals surface area contributed by atoms with Crippen LogP contribution < -0.4 is 10.2 Å². The van der Waals surface area contributed by atoms with Gasteiger partial charge in [0.15, 0.2) is 0 Å². The fourth-order valence-electron chi connectivity index (χ4n) is 3.15. The van der Waals surface area contributed by atoms with Gasteiger partial charge in [-0.05, 0) is 36.2 Å². The zero-order chi connectivity index (χ0) is 18.1. The summed E-state index contributed by atoms with van der Waals surface area (Å²) in [5.41, 5.74) is 3.04. The number of carbonyl (C=O) groups excluding carboxylic acids is 3. The largest absolute Gasteiger partial charge is 0.472 e. The van der Waals surface area contributed by atoms with Gasteiger partial charge in [0.1, 0.15) is 12.8 Å². The summed E-state index contributed by atoms with van der Waals surface area (Å²) in [7, 11) is 0. The molecule has 0 radical (unpaired) electrons. The van der Waals surface area contributed by atoms with Crippen LogP contribution in [-0.2, 0) is 16.0 Å². The first-order chi connectivity index (χ1) is 12.6. The number of furan rings is 1. The van der Waals surface area contributed by atoms with Gasteiger partial charge in [-0.2, -0.15) is 0 Å². The summed E-state index contributed by atoms with van der Waals surface area (Å²) in [4.78, 5) is 39.5. The number of anilines is 2. The van der Waals surface area contributed by atoms with Crippen molar-refractivity contribution in [2.75, 3.05) is 34.9 Å². The van der Waals surface area contributed by atoms with Gasteiger partial charge in [0.05, 0.1) is 23.5 Å². The van der Waals surface area contributed by atoms with Gasteiger partial charge < -0.3 is 19.5 Å². The van der Waals surface area contributed by atoms with Crippen molar-refractivity contribution in [2.24, 2.45) is 0 Å². The number of carbonyl (C=O) groups is 3. The van der Waals surface area contributed by atoms with E-state index < -0.39 is 0 Å². The smallest absolute Gasteiger partial charge is 0.261 e. The summed E-state index contributed by atoms with van der Waals surface area (Å²) in [5.74, 6) is 0.672. The Labute approximate surface area is 154 Å². The number of rotatable bonds is 4. The van der Waals surface area contributed by atoms with E-state index in [4.69, 9.17) is 4.42 Å². The van der Waals surface area contributed by atoms with Crippen LogP contribution in [0.1, 0.15) is 15.9 Å². The monoisotopic (exact) mass is 371 g/mol. The first kappa shape index (κ1) is 16.7. The first-order valence-corrected chi connectivity index (χ1v) is 9.39. The summed E-state index contributed by atoms with van der Waals surface area (Å²) in [6.07, 6.45) is 3.64. The van der Waals surface area contributed by atoms with Crippen LogP contribution in [0, 0.1) is 0 Å². The SMILES string of the molecule is O=C(CN1CSCC1=O)Nc1ccc2c(c1)CCN2C(=O)c1ccoc1. The highest BCUT2D eigenvalue weighted by Gasteiger charge is 2.27. The van der Waals surface area contributed by atoms with Crippen LogP contribution in [0.5, 0.6) is 0 Å². The predicted octanol–water partition coefficient (Wildman–Crippen LogP) is 1.95. The third-order valence-corrected chi connectivity index (χ3v) is 5.38. The number of fused-ring (bicyclic) bond motifs is 1. The number of amides is 3. The lowest BCUT2D eigenvalue weighted by Crippen LogP contribution is -2.34. The molecule has 134 valence electrons. The molecule has 1 fully saturated rings. The molecular weight excluding hydrogens is 354 g/mol. The van der Waals surface area contributed by atoms with E-state index in [1.165, 1.54) is 24.3 Å². The van der Waals surface area contributed by atoms with Gasteiger partial charge in [-0.25, -0.2) is 0 Å². The summed E-state index contributed by atoms with van der Waals surface area (Å²) in [6, 6.07) is 7.15. The van der Waals surface area contributed by atoms with Crippen molar-refractivity contribution in [3.05, 3.63) is 47.9 Å². The molecule has 0 atom stereocenters. The van der Waals surface area contributed by atoms with E-state index in [2.05, 4.69) is 5.32 Å². The molecule has 1 aromatic heterocycles. The fourth-order valence-corrected chi connectivity index (χ4v) is 4.05. The molecule has 26 heavy (non-hydrogen) atoms. The lowest BCUT2D eigenvalue weighted by atomic mass is 10.1. The van der Waals surface area contributed by atoms with Crippen LogP contribution in [0.2, 0.25) is 0 Å². The molecule has 1 aromatic carbocycles. The quantitative estimate of drug-likeness (QED) is 0.888. The van der Waals surface area contributed by atoms with Crippen molar-refractivity contribution in [3.63, 3.8) is 0 Å².